The van der Waals surface area contributed by atoms with Gasteiger partial charge >= 0.3 is 0 Å². The normalized spacial score (nSPS) is 10.3. The van der Waals surface area contributed by atoms with E-state index in [2.05, 4.69) is 15.6 Å². The number of pyridine rings is 1. The number of carbonyl (C=O) groups excluding carboxylic acids is 1. The van der Waals surface area contributed by atoms with Gasteiger partial charge < -0.3 is 10.6 Å². The first kappa shape index (κ1) is 15.5. The lowest BCUT2D eigenvalue weighted by Crippen LogP contribution is -2.10. The van der Waals surface area contributed by atoms with Gasteiger partial charge in [0.25, 0.3) is 5.91 Å². The van der Waals surface area contributed by atoms with Crippen molar-refractivity contribution in [3.8, 4) is 0 Å². The molecule has 116 valence electrons. The molecule has 4 nitrogen and oxygen atoms in total. The second-order valence-corrected chi connectivity index (χ2v) is 6.52. The molecule has 0 radical (unpaired) electrons. The van der Waals surface area contributed by atoms with Crippen LogP contribution in [0.5, 0.6) is 0 Å². The summed E-state index contributed by atoms with van der Waals surface area (Å²) in [5.41, 5.74) is 2.68. The summed E-state index contributed by atoms with van der Waals surface area (Å²) in [6.07, 6.45) is 1.77. The third kappa shape index (κ3) is 4.31. The fourth-order valence-electron chi connectivity index (χ4n) is 2.00. The maximum atomic E-state index is 12.0. The van der Waals surface area contributed by atoms with Gasteiger partial charge in [-0.15, -0.1) is 11.3 Å². The SMILES string of the molecule is O=C(Nc1ccc(NCc2ccccn2)cc1)c1ccc(Cl)s1. The van der Waals surface area contributed by atoms with Crippen LogP contribution in [0.25, 0.3) is 0 Å². The van der Waals surface area contributed by atoms with Crippen molar-refractivity contribution in [1.29, 1.82) is 0 Å². The minimum absolute atomic E-state index is 0.156. The summed E-state index contributed by atoms with van der Waals surface area (Å²) in [7, 11) is 0. The predicted octanol–water partition coefficient (Wildman–Crippen LogP) is 4.66. The Hall–Kier alpha value is -2.37. The van der Waals surface area contributed by atoms with E-state index in [0.717, 1.165) is 17.1 Å². The van der Waals surface area contributed by atoms with Crippen molar-refractivity contribution >= 4 is 40.2 Å². The second-order valence-electron chi connectivity index (χ2n) is 4.81. The third-order valence-electron chi connectivity index (χ3n) is 3.14. The highest BCUT2D eigenvalue weighted by molar-refractivity contribution is 7.18. The molecule has 0 aliphatic rings. The van der Waals surface area contributed by atoms with Gasteiger partial charge in [-0.3, -0.25) is 9.78 Å². The monoisotopic (exact) mass is 343 g/mol. The van der Waals surface area contributed by atoms with Crippen molar-refractivity contribution in [3.05, 3.63) is 75.7 Å². The van der Waals surface area contributed by atoms with E-state index >= 15 is 0 Å². The van der Waals surface area contributed by atoms with Gasteiger partial charge in [0.15, 0.2) is 0 Å². The lowest BCUT2D eigenvalue weighted by molar-refractivity contribution is 0.103. The molecular weight excluding hydrogens is 330 g/mol. The maximum Gasteiger partial charge on any atom is 0.265 e. The Labute approximate surface area is 143 Å². The number of aromatic nitrogens is 1. The first-order valence-electron chi connectivity index (χ1n) is 7.01. The fraction of sp³-hybridized carbons (Fsp3) is 0.0588. The van der Waals surface area contributed by atoms with Crippen LogP contribution in [-0.2, 0) is 6.54 Å². The number of rotatable bonds is 5. The molecule has 23 heavy (non-hydrogen) atoms. The van der Waals surface area contributed by atoms with Crippen LogP contribution >= 0.6 is 22.9 Å². The van der Waals surface area contributed by atoms with Crippen LogP contribution in [0.2, 0.25) is 4.34 Å². The second kappa shape index (κ2) is 7.26. The van der Waals surface area contributed by atoms with Crippen molar-refractivity contribution < 1.29 is 4.79 Å². The quantitative estimate of drug-likeness (QED) is 0.708. The molecule has 0 spiro atoms. The Kier molecular flexibility index (Phi) is 4.90. The van der Waals surface area contributed by atoms with Crippen molar-refractivity contribution in [1.82, 2.24) is 4.98 Å². The number of benzene rings is 1. The third-order valence-corrected chi connectivity index (χ3v) is 4.37. The van der Waals surface area contributed by atoms with Gasteiger partial charge in [-0.05, 0) is 48.5 Å². The molecule has 1 aromatic carbocycles. The summed E-state index contributed by atoms with van der Waals surface area (Å²) in [5, 5.41) is 6.13. The van der Waals surface area contributed by atoms with Crippen LogP contribution in [0, 0.1) is 0 Å². The zero-order valence-corrected chi connectivity index (χ0v) is 13.7. The first-order chi connectivity index (χ1) is 11.2. The number of thiophene rings is 1. The lowest BCUT2D eigenvalue weighted by atomic mass is 10.2. The summed E-state index contributed by atoms with van der Waals surface area (Å²) >= 11 is 7.10. The van der Waals surface area contributed by atoms with Crippen molar-refractivity contribution in [2.45, 2.75) is 6.54 Å². The molecule has 0 unspecified atom stereocenters. The Morgan fingerprint density at radius 1 is 1.04 bits per heavy atom. The summed E-state index contributed by atoms with van der Waals surface area (Å²) in [6, 6.07) is 16.8. The molecule has 3 aromatic rings. The molecule has 0 atom stereocenters. The first-order valence-corrected chi connectivity index (χ1v) is 8.21. The Balaban J connectivity index is 1.57. The molecule has 2 heterocycles. The molecular formula is C17H14ClN3OS. The molecule has 0 saturated heterocycles. The minimum Gasteiger partial charge on any atom is -0.379 e. The standard InChI is InChI=1S/C17H14ClN3OS/c18-16-9-8-15(23-16)17(22)21-13-6-4-12(5-7-13)20-11-14-3-1-2-10-19-14/h1-10,20H,11H2,(H,21,22). The van der Waals surface area contributed by atoms with Crippen LogP contribution in [0.3, 0.4) is 0 Å². The Bertz CT molecular complexity index is 787. The molecule has 6 heteroatoms. The molecule has 1 amide bonds. The van der Waals surface area contributed by atoms with Gasteiger partial charge in [0.1, 0.15) is 0 Å². The fourth-order valence-corrected chi connectivity index (χ4v) is 2.93. The van der Waals surface area contributed by atoms with Crippen molar-refractivity contribution in [2.24, 2.45) is 0 Å². The van der Waals surface area contributed by atoms with Crippen LogP contribution in [-0.4, -0.2) is 10.9 Å². The van der Waals surface area contributed by atoms with E-state index in [4.69, 9.17) is 11.6 Å². The molecule has 0 aliphatic heterocycles. The number of halogens is 1. The molecule has 3 rings (SSSR count). The predicted molar refractivity (Wildman–Crippen MR) is 95.3 cm³/mol. The number of hydrogen-bond donors (Lipinski definition) is 2. The van der Waals surface area contributed by atoms with Crippen LogP contribution in [0.4, 0.5) is 11.4 Å². The zero-order valence-electron chi connectivity index (χ0n) is 12.1. The summed E-state index contributed by atoms with van der Waals surface area (Å²) in [5.74, 6) is -0.156. The van der Waals surface area contributed by atoms with Gasteiger partial charge in [0.2, 0.25) is 0 Å². The number of carbonyl (C=O) groups is 1. The minimum atomic E-state index is -0.156. The number of hydrogen-bond acceptors (Lipinski definition) is 4. The van der Waals surface area contributed by atoms with Gasteiger partial charge in [-0.2, -0.15) is 0 Å². The van der Waals surface area contributed by atoms with Gasteiger partial charge in [0.05, 0.1) is 21.5 Å². The highest BCUT2D eigenvalue weighted by atomic mass is 35.5. The molecule has 0 aliphatic carbocycles. The molecule has 0 fully saturated rings. The summed E-state index contributed by atoms with van der Waals surface area (Å²) in [6.45, 7) is 0.653. The number of nitrogens with one attached hydrogen (secondary N) is 2. The topological polar surface area (TPSA) is 54.0 Å². The molecule has 2 N–H and O–H groups in total. The van der Waals surface area contributed by atoms with E-state index in [1.807, 2.05) is 42.5 Å². The van der Waals surface area contributed by atoms with E-state index in [9.17, 15) is 4.79 Å². The van der Waals surface area contributed by atoms with Gasteiger partial charge in [-0.1, -0.05) is 17.7 Å². The van der Waals surface area contributed by atoms with Gasteiger partial charge in [0, 0.05) is 17.6 Å². The number of anilines is 2. The smallest absolute Gasteiger partial charge is 0.265 e. The van der Waals surface area contributed by atoms with Crippen LogP contribution in [0.15, 0.2) is 60.8 Å². The molecule has 0 saturated carbocycles. The van der Waals surface area contributed by atoms with E-state index < -0.39 is 0 Å². The van der Waals surface area contributed by atoms with E-state index in [1.54, 1.807) is 18.3 Å². The Morgan fingerprint density at radius 2 is 1.83 bits per heavy atom. The summed E-state index contributed by atoms with van der Waals surface area (Å²) in [4.78, 5) is 16.9. The van der Waals surface area contributed by atoms with Crippen molar-refractivity contribution in [3.63, 3.8) is 0 Å². The number of amides is 1. The largest absolute Gasteiger partial charge is 0.379 e. The molecule has 2 aromatic heterocycles. The maximum absolute atomic E-state index is 12.0. The highest BCUT2D eigenvalue weighted by Crippen LogP contribution is 2.23. The zero-order chi connectivity index (χ0) is 16.1. The van der Waals surface area contributed by atoms with E-state index in [1.165, 1.54) is 11.3 Å². The highest BCUT2D eigenvalue weighted by Gasteiger charge is 2.08. The number of nitrogens with zero attached hydrogens (tertiary/aromatic N) is 1. The van der Waals surface area contributed by atoms with Crippen LogP contribution in [0.1, 0.15) is 15.4 Å². The average Bonchev–Trinajstić information content (AvgIpc) is 3.02. The van der Waals surface area contributed by atoms with E-state index in [0.29, 0.717) is 15.8 Å². The average molecular weight is 344 g/mol. The van der Waals surface area contributed by atoms with E-state index in [-0.39, 0.29) is 5.91 Å². The van der Waals surface area contributed by atoms with Crippen molar-refractivity contribution in [2.75, 3.05) is 10.6 Å². The van der Waals surface area contributed by atoms with Gasteiger partial charge in [-0.25, -0.2) is 0 Å². The lowest BCUT2D eigenvalue weighted by Gasteiger charge is -2.08. The molecule has 0 bridgehead atoms. The Morgan fingerprint density at radius 3 is 2.48 bits per heavy atom. The summed E-state index contributed by atoms with van der Waals surface area (Å²) < 4.78 is 0.601. The van der Waals surface area contributed by atoms with Crippen LogP contribution < -0.4 is 10.6 Å².